The monoisotopic (exact) mass is 358 g/mol. The van der Waals surface area contributed by atoms with E-state index in [0.29, 0.717) is 21.2 Å². The Morgan fingerprint density at radius 3 is 2.24 bits per heavy atom. The van der Waals surface area contributed by atoms with Gasteiger partial charge in [0.05, 0.1) is 18.2 Å². The number of rotatable bonds is 2. The highest BCUT2D eigenvalue weighted by atomic mass is 79.9. The molecule has 0 heterocycles. The fraction of sp³-hybridized carbons (Fsp3) is 0.133. The Bertz CT molecular complexity index is 664. The lowest BCUT2D eigenvalue weighted by Crippen LogP contribution is -2.05. The molecule has 0 aliphatic heterocycles. The second-order valence-corrected chi connectivity index (χ2v) is 5.12. The lowest BCUT2D eigenvalue weighted by molar-refractivity contribution is -0.137. The van der Waals surface area contributed by atoms with Crippen LogP contribution < -0.4 is 0 Å². The molecule has 21 heavy (non-hydrogen) atoms. The van der Waals surface area contributed by atoms with Crippen LogP contribution in [0.1, 0.15) is 15.9 Å². The fourth-order valence-electron chi connectivity index (χ4n) is 1.83. The normalized spacial score (nSPS) is 11.3. The summed E-state index contributed by atoms with van der Waals surface area (Å²) in [7, 11) is 1.26. The minimum atomic E-state index is -4.40. The summed E-state index contributed by atoms with van der Waals surface area (Å²) in [6.45, 7) is 0. The molecule has 2 rings (SSSR count). The van der Waals surface area contributed by atoms with E-state index >= 15 is 0 Å². The SMILES string of the molecule is COC(=O)c1ccc(-c2cc(C(F)(F)F)ccc2Br)cc1. The number of benzene rings is 2. The first-order valence-electron chi connectivity index (χ1n) is 5.88. The van der Waals surface area contributed by atoms with Crippen LogP contribution in [0.15, 0.2) is 46.9 Å². The van der Waals surface area contributed by atoms with Crippen LogP contribution >= 0.6 is 15.9 Å². The number of hydrogen-bond donors (Lipinski definition) is 0. The van der Waals surface area contributed by atoms with Gasteiger partial charge in [-0.1, -0.05) is 28.1 Å². The highest BCUT2D eigenvalue weighted by Crippen LogP contribution is 2.36. The topological polar surface area (TPSA) is 26.3 Å². The van der Waals surface area contributed by atoms with Gasteiger partial charge in [0.1, 0.15) is 0 Å². The van der Waals surface area contributed by atoms with E-state index in [9.17, 15) is 18.0 Å². The molecule has 0 aromatic heterocycles. The number of esters is 1. The van der Waals surface area contributed by atoms with E-state index in [0.717, 1.165) is 12.1 Å². The summed E-state index contributed by atoms with van der Waals surface area (Å²) < 4.78 is 43.4. The molecule has 0 amide bonds. The number of carbonyl (C=O) groups excluding carboxylic acids is 1. The molecule has 0 aliphatic carbocycles. The quantitative estimate of drug-likeness (QED) is 0.712. The Hall–Kier alpha value is -1.82. The molecular weight excluding hydrogens is 349 g/mol. The van der Waals surface area contributed by atoms with Gasteiger partial charge in [0.25, 0.3) is 0 Å². The van der Waals surface area contributed by atoms with E-state index in [4.69, 9.17) is 0 Å². The van der Waals surface area contributed by atoms with Gasteiger partial charge in [0.15, 0.2) is 0 Å². The molecule has 0 atom stereocenters. The van der Waals surface area contributed by atoms with Crippen LogP contribution in [0.25, 0.3) is 11.1 Å². The van der Waals surface area contributed by atoms with Crippen molar-refractivity contribution in [2.45, 2.75) is 6.18 Å². The molecule has 6 heteroatoms. The van der Waals surface area contributed by atoms with Crippen LogP contribution in [0.4, 0.5) is 13.2 Å². The second-order valence-electron chi connectivity index (χ2n) is 4.26. The third kappa shape index (κ3) is 3.44. The first kappa shape index (κ1) is 15.6. The summed E-state index contributed by atoms with van der Waals surface area (Å²) in [5.74, 6) is -0.496. The molecule has 2 aromatic rings. The van der Waals surface area contributed by atoms with Crippen molar-refractivity contribution < 1.29 is 22.7 Å². The average molecular weight is 359 g/mol. The molecule has 0 spiro atoms. The highest BCUT2D eigenvalue weighted by Gasteiger charge is 2.31. The Morgan fingerprint density at radius 2 is 1.71 bits per heavy atom. The molecule has 0 aliphatic rings. The molecule has 0 radical (unpaired) electrons. The van der Waals surface area contributed by atoms with Gasteiger partial charge in [-0.05, 0) is 41.5 Å². The van der Waals surface area contributed by atoms with E-state index < -0.39 is 17.7 Å². The lowest BCUT2D eigenvalue weighted by Gasteiger charge is -2.11. The summed E-state index contributed by atoms with van der Waals surface area (Å²) in [6.07, 6.45) is -4.40. The number of ether oxygens (including phenoxy) is 1. The van der Waals surface area contributed by atoms with Crippen molar-refractivity contribution in [3.05, 3.63) is 58.1 Å². The zero-order valence-electron chi connectivity index (χ0n) is 10.9. The van der Waals surface area contributed by atoms with E-state index in [1.807, 2.05) is 0 Å². The smallest absolute Gasteiger partial charge is 0.416 e. The zero-order chi connectivity index (χ0) is 15.6. The summed E-state index contributed by atoms with van der Waals surface area (Å²) in [5, 5.41) is 0. The van der Waals surface area contributed by atoms with Crippen molar-refractivity contribution in [2.75, 3.05) is 7.11 Å². The molecule has 0 saturated carbocycles. The van der Waals surface area contributed by atoms with Crippen molar-refractivity contribution in [1.29, 1.82) is 0 Å². The molecule has 110 valence electrons. The fourth-order valence-corrected chi connectivity index (χ4v) is 2.30. The molecule has 0 unspecified atom stereocenters. The maximum atomic E-state index is 12.8. The molecule has 2 nitrogen and oxygen atoms in total. The third-order valence-electron chi connectivity index (χ3n) is 2.91. The number of alkyl halides is 3. The first-order chi connectivity index (χ1) is 9.82. The van der Waals surface area contributed by atoms with E-state index in [-0.39, 0.29) is 0 Å². The Labute approximate surface area is 127 Å². The summed E-state index contributed by atoms with van der Waals surface area (Å²) >= 11 is 3.24. The van der Waals surface area contributed by atoms with Crippen molar-refractivity contribution >= 4 is 21.9 Å². The van der Waals surface area contributed by atoms with Crippen LogP contribution in [0.5, 0.6) is 0 Å². The minimum absolute atomic E-state index is 0.337. The molecular formula is C15H10BrF3O2. The number of halogens is 4. The molecule has 0 N–H and O–H groups in total. The lowest BCUT2D eigenvalue weighted by atomic mass is 10.0. The number of carbonyl (C=O) groups is 1. The van der Waals surface area contributed by atoms with Crippen LogP contribution in [-0.4, -0.2) is 13.1 Å². The predicted octanol–water partition coefficient (Wildman–Crippen LogP) is 4.92. The molecule has 2 aromatic carbocycles. The Morgan fingerprint density at radius 1 is 1.10 bits per heavy atom. The van der Waals surface area contributed by atoms with Gasteiger partial charge in [-0.3, -0.25) is 0 Å². The van der Waals surface area contributed by atoms with E-state index in [1.54, 1.807) is 12.1 Å². The highest BCUT2D eigenvalue weighted by molar-refractivity contribution is 9.10. The largest absolute Gasteiger partial charge is 0.465 e. The van der Waals surface area contributed by atoms with Gasteiger partial charge in [-0.15, -0.1) is 0 Å². The van der Waals surface area contributed by atoms with Crippen molar-refractivity contribution in [1.82, 2.24) is 0 Å². The van der Waals surface area contributed by atoms with Gasteiger partial charge in [-0.25, -0.2) is 4.79 Å². The molecule has 0 saturated heterocycles. The molecule has 0 bridgehead atoms. The minimum Gasteiger partial charge on any atom is -0.465 e. The number of methoxy groups -OCH3 is 1. The zero-order valence-corrected chi connectivity index (χ0v) is 12.5. The van der Waals surface area contributed by atoms with Crippen LogP contribution in [0.3, 0.4) is 0 Å². The summed E-state index contributed by atoms with van der Waals surface area (Å²) in [4.78, 5) is 11.3. The third-order valence-corrected chi connectivity index (χ3v) is 3.60. The van der Waals surface area contributed by atoms with Crippen molar-refractivity contribution in [2.24, 2.45) is 0 Å². The Balaban J connectivity index is 2.44. The van der Waals surface area contributed by atoms with E-state index in [1.165, 1.54) is 25.3 Å². The van der Waals surface area contributed by atoms with Gasteiger partial charge < -0.3 is 4.74 Å². The summed E-state index contributed by atoms with van der Waals surface area (Å²) in [5.41, 5.74) is 0.587. The first-order valence-corrected chi connectivity index (χ1v) is 6.67. The summed E-state index contributed by atoms with van der Waals surface area (Å²) in [6, 6.07) is 9.60. The number of hydrogen-bond acceptors (Lipinski definition) is 2. The van der Waals surface area contributed by atoms with Gasteiger partial charge in [0, 0.05) is 4.47 Å². The molecule has 0 fully saturated rings. The maximum absolute atomic E-state index is 12.8. The van der Waals surface area contributed by atoms with Gasteiger partial charge in [-0.2, -0.15) is 13.2 Å². The average Bonchev–Trinajstić information content (AvgIpc) is 2.46. The maximum Gasteiger partial charge on any atom is 0.416 e. The Kier molecular flexibility index (Phi) is 4.37. The van der Waals surface area contributed by atoms with Crippen molar-refractivity contribution in [3.63, 3.8) is 0 Å². The van der Waals surface area contributed by atoms with Crippen LogP contribution in [0.2, 0.25) is 0 Å². The predicted molar refractivity (Wildman–Crippen MR) is 75.9 cm³/mol. The van der Waals surface area contributed by atoms with Gasteiger partial charge in [0.2, 0.25) is 0 Å². The van der Waals surface area contributed by atoms with Crippen LogP contribution in [0, 0.1) is 0 Å². The van der Waals surface area contributed by atoms with Crippen molar-refractivity contribution in [3.8, 4) is 11.1 Å². The van der Waals surface area contributed by atoms with E-state index in [2.05, 4.69) is 20.7 Å². The standard InChI is InChI=1S/C15H10BrF3O2/c1-21-14(20)10-4-2-9(3-5-10)12-8-11(15(17,18)19)6-7-13(12)16/h2-8H,1H3. The second kappa shape index (κ2) is 5.89. The van der Waals surface area contributed by atoms with Gasteiger partial charge >= 0.3 is 12.1 Å². The van der Waals surface area contributed by atoms with Crippen LogP contribution in [-0.2, 0) is 10.9 Å².